The topological polar surface area (TPSA) is 92.5 Å². The summed E-state index contributed by atoms with van der Waals surface area (Å²) < 4.78 is 35.6. The SMILES string of the molecule is O=C(NCC(O)c1ccc([N+](=O)[O-])cc1)C(F)(F)F. The molecule has 19 heavy (non-hydrogen) atoms. The Hall–Kier alpha value is -2.16. The second kappa shape index (κ2) is 5.65. The predicted molar refractivity (Wildman–Crippen MR) is 57.1 cm³/mol. The van der Waals surface area contributed by atoms with Crippen molar-refractivity contribution < 1.29 is 28.0 Å². The number of aliphatic hydroxyl groups is 1. The maximum Gasteiger partial charge on any atom is 0.471 e. The lowest BCUT2D eigenvalue weighted by atomic mass is 10.1. The zero-order chi connectivity index (χ0) is 14.6. The van der Waals surface area contributed by atoms with Crippen LogP contribution in [-0.2, 0) is 4.79 Å². The zero-order valence-corrected chi connectivity index (χ0v) is 9.35. The van der Waals surface area contributed by atoms with Gasteiger partial charge in [-0.3, -0.25) is 14.9 Å². The van der Waals surface area contributed by atoms with Gasteiger partial charge in [0.15, 0.2) is 0 Å². The molecule has 0 radical (unpaired) electrons. The number of alkyl halides is 3. The molecular weight excluding hydrogens is 269 g/mol. The molecule has 0 saturated carbocycles. The minimum atomic E-state index is -5.02. The van der Waals surface area contributed by atoms with Gasteiger partial charge in [0.2, 0.25) is 0 Å². The van der Waals surface area contributed by atoms with Gasteiger partial charge < -0.3 is 10.4 Å². The first kappa shape index (κ1) is 14.9. The molecule has 0 aliphatic rings. The summed E-state index contributed by atoms with van der Waals surface area (Å²) in [5, 5.41) is 21.4. The summed E-state index contributed by atoms with van der Waals surface area (Å²) in [4.78, 5) is 20.2. The van der Waals surface area contributed by atoms with Gasteiger partial charge in [-0.05, 0) is 17.7 Å². The van der Waals surface area contributed by atoms with Gasteiger partial charge in [-0.1, -0.05) is 0 Å². The van der Waals surface area contributed by atoms with Crippen molar-refractivity contribution >= 4 is 11.6 Å². The average molecular weight is 278 g/mol. The van der Waals surface area contributed by atoms with Crippen molar-refractivity contribution in [2.24, 2.45) is 0 Å². The Morgan fingerprint density at radius 1 is 1.37 bits per heavy atom. The molecule has 1 aromatic carbocycles. The summed E-state index contributed by atoms with van der Waals surface area (Å²) >= 11 is 0. The number of aliphatic hydroxyl groups excluding tert-OH is 1. The smallest absolute Gasteiger partial charge is 0.387 e. The first-order valence-electron chi connectivity index (χ1n) is 4.99. The molecule has 6 nitrogen and oxygen atoms in total. The Balaban J connectivity index is 2.61. The molecule has 1 aromatic rings. The van der Waals surface area contributed by atoms with Crippen molar-refractivity contribution in [2.75, 3.05) is 6.54 Å². The average Bonchev–Trinajstić information content (AvgIpc) is 2.34. The number of rotatable bonds is 4. The fourth-order valence-corrected chi connectivity index (χ4v) is 1.23. The molecule has 104 valence electrons. The van der Waals surface area contributed by atoms with Crippen molar-refractivity contribution in [1.29, 1.82) is 0 Å². The van der Waals surface area contributed by atoms with Gasteiger partial charge in [-0.25, -0.2) is 0 Å². The van der Waals surface area contributed by atoms with Gasteiger partial charge in [-0.15, -0.1) is 0 Å². The molecule has 1 amide bonds. The number of nitrogens with zero attached hydrogens (tertiary/aromatic N) is 1. The third kappa shape index (κ3) is 4.21. The summed E-state index contributed by atoms with van der Waals surface area (Å²) in [7, 11) is 0. The van der Waals surface area contributed by atoms with Crippen molar-refractivity contribution in [1.82, 2.24) is 5.32 Å². The van der Waals surface area contributed by atoms with Gasteiger partial charge in [0, 0.05) is 18.7 Å². The number of amides is 1. The maximum atomic E-state index is 11.9. The van der Waals surface area contributed by atoms with Crippen LogP contribution >= 0.6 is 0 Å². The first-order valence-corrected chi connectivity index (χ1v) is 4.99. The van der Waals surface area contributed by atoms with Gasteiger partial charge in [0.1, 0.15) is 0 Å². The Labute approximate surface area is 105 Å². The number of carbonyl (C=O) groups excluding carboxylic acids is 1. The van der Waals surface area contributed by atoms with Crippen LogP contribution in [0, 0.1) is 10.1 Å². The molecule has 0 bridgehead atoms. The second-order valence-corrected chi connectivity index (χ2v) is 3.57. The Bertz CT molecular complexity index is 473. The minimum Gasteiger partial charge on any atom is -0.387 e. The van der Waals surface area contributed by atoms with E-state index in [0.29, 0.717) is 0 Å². The third-order valence-electron chi connectivity index (χ3n) is 2.20. The van der Waals surface area contributed by atoms with Crippen LogP contribution < -0.4 is 5.32 Å². The molecule has 1 rings (SSSR count). The molecule has 0 fully saturated rings. The van der Waals surface area contributed by atoms with Crippen molar-refractivity contribution in [2.45, 2.75) is 12.3 Å². The van der Waals surface area contributed by atoms with Crippen LogP contribution in [0.15, 0.2) is 24.3 Å². The van der Waals surface area contributed by atoms with Crippen molar-refractivity contribution in [3.8, 4) is 0 Å². The van der Waals surface area contributed by atoms with E-state index in [9.17, 15) is 33.2 Å². The molecule has 0 aliphatic carbocycles. The van der Waals surface area contributed by atoms with E-state index >= 15 is 0 Å². The lowest BCUT2D eigenvalue weighted by Crippen LogP contribution is -2.38. The van der Waals surface area contributed by atoms with Crippen LogP contribution in [0.1, 0.15) is 11.7 Å². The van der Waals surface area contributed by atoms with Crippen LogP contribution in [0.2, 0.25) is 0 Å². The van der Waals surface area contributed by atoms with Gasteiger partial charge in [-0.2, -0.15) is 13.2 Å². The monoisotopic (exact) mass is 278 g/mol. The number of hydrogen-bond acceptors (Lipinski definition) is 4. The highest BCUT2D eigenvalue weighted by Gasteiger charge is 2.38. The number of benzene rings is 1. The predicted octanol–water partition coefficient (Wildman–Crippen LogP) is 1.31. The van der Waals surface area contributed by atoms with E-state index in [4.69, 9.17) is 0 Å². The molecular formula is C10H9F3N2O4. The molecule has 0 spiro atoms. The zero-order valence-electron chi connectivity index (χ0n) is 9.35. The van der Waals surface area contributed by atoms with E-state index in [1.165, 1.54) is 17.4 Å². The number of halogens is 3. The van der Waals surface area contributed by atoms with Crippen molar-refractivity contribution in [3.05, 3.63) is 39.9 Å². The van der Waals surface area contributed by atoms with Crippen molar-refractivity contribution in [3.63, 3.8) is 0 Å². The van der Waals surface area contributed by atoms with E-state index < -0.39 is 29.7 Å². The Kier molecular flexibility index (Phi) is 4.43. The number of nitro benzene ring substituents is 1. The normalized spacial score (nSPS) is 12.8. The van der Waals surface area contributed by atoms with Gasteiger partial charge in [0.05, 0.1) is 11.0 Å². The molecule has 9 heteroatoms. The minimum absolute atomic E-state index is 0.160. The summed E-state index contributed by atoms with van der Waals surface area (Å²) in [6.07, 6.45) is -6.40. The number of non-ortho nitro benzene ring substituents is 1. The molecule has 1 atom stereocenters. The fraction of sp³-hybridized carbons (Fsp3) is 0.300. The van der Waals surface area contributed by atoms with Crippen LogP contribution in [0.25, 0.3) is 0 Å². The Morgan fingerprint density at radius 2 is 1.89 bits per heavy atom. The van der Waals surface area contributed by atoms with E-state index in [2.05, 4.69) is 0 Å². The van der Waals surface area contributed by atoms with Crippen LogP contribution in [0.5, 0.6) is 0 Å². The fourth-order valence-electron chi connectivity index (χ4n) is 1.23. The largest absolute Gasteiger partial charge is 0.471 e. The molecule has 0 saturated heterocycles. The highest BCUT2D eigenvalue weighted by molar-refractivity contribution is 5.81. The highest BCUT2D eigenvalue weighted by atomic mass is 19.4. The lowest BCUT2D eigenvalue weighted by Gasteiger charge is -2.13. The Morgan fingerprint density at radius 3 is 2.32 bits per heavy atom. The van der Waals surface area contributed by atoms with Gasteiger partial charge >= 0.3 is 12.1 Å². The molecule has 1 unspecified atom stereocenters. The van der Waals surface area contributed by atoms with E-state index in [1.807, 2.05) is 0 Å². The summed E-state index contributed by atoms with van der Waals surface area (Å²) in [5.74, 6) is -2.16. The lowest BCUT2D eigenvalue weighted by molar-refractivity contribution is -0.384. The first-order chi connectivity index (χ1) is 8.71. The van der Waals surface area contributed by atoms with Crippen LogP contribution in [0.3, 0.4) is 0 Å². The van der Waals surface area contributed by atoms with Crippen LogP contribution in [0.4, 0.5) is 18.9 Å². The number of carbonyl (C=O) groups is 1. The standard InChI is InChI=1S/C10H9F3N2O4/c11-10(12,13)9(17)14-5-8(16)6-1-3-7(4-2-6)15(18)19/h1-4,8,16H,5H2,(H,14,17). The molecule has 2 N–H and O–H groups in total. The molecule has 0 aromatic heterocycles. The quantitative estimate of drug-likeness (QED) is 0.641. The molecule has 0 aliphatic heterocycles. The highest BCUT2D eigenvalue weighted by Crippen LogP contribution is 2.18. The van der Waals surface area contributed by atoms with E-state index in [-0.39, 0.29) is 11.3 Å². The van der Waals surface area contributed by atoms with E-state index in [0.717, 1.165) is 12.1 Å². The third-order valence-corrected chi connectivity index (χ3v) is 2.20. The second-order valence-electron chi connectivity index (χ2n) is 3.57. The number of nitrogens with one attached hydrogen (secondary N) is 1. The maximum absolute atomic E-state index is 11.9. The van der Waals surface area contributed by atoms with Crippen LogP contribution in [-0.4, -0.2) is 28.7 Å². The summed E-state index contributed by atoms with van der Waals surface area (Å²) in [6.45, 7) is -0.643. The van der Waals surface area contributed by atoms with Gasteiger partial charge in [0.25, 0.3) is 5.69 Å². The molecule has 0 heterocycles. The number of hydrogen-bond donors (Lipinski definition) is 2. The number of nitro groups is 1. The van der Waals surface area contributed by atoms with E-state index in [1.54, 1.807) is 0 Å². The summed E-state index contributed by atoms with van der Waals surface area (Å²) in [5.41, 5.74) is -0.0525. The summed E-state index contributed by atoms with van der Waals surface area (Å²) in [6, 6.07) is 4.60.